The molecule has 5 heteroatoms. The Morgan fingerprint density at radius 2 is 2.18 bits per heavy atom. The number of hydrogen-bond donors (Lipinski definition) is 0. The molecule has 1 saturated carbocycles. The molecule has 1 fully saturated rings. The molecule has 0 aromatic carbocycles. The number of pyridine rings is 1. The molecular weight excluding hydrogens is 342 g/mol. The van der Waals surface area contributed by atoms with Gasteiger partial charge in [0, 0.05) is 13.6 Å². The second kappa shape index (κ2) is 7.95. The van der Waals surface area contributed by atoms with Crippen molar-refractivity contribution in [2.45, 2.75) is 52.6 Å². The normalized spacial score (nSPS) is 22.0. The first kappa shape index (κ1) is 17.3. The molecule has 0 spiro atoms. The molecule has 0 amide bonds. The van der Waals surface area contributed by atoms with E-state index in [-0.39, 0.29) is 6.10 Å². The minimum atomic E-state index is 0.275. The van der Waals surface area contributed by atoms with Crippen LogP contribution in [0.15, 0.2) is 15.5 Å². The molecule has 0 saturated heterocycles. The summed E-state index contributed by atoms with van der Waals surface area (Å²) in [6, 6.07) is 1.99. The Hall–Kier alpha value is -1.10. The molecule has 122 valence electrons. The van der Waals surface area contributed by atoms with Crippen molar-refractivity contribution in [3.63, 3.8) is 0 Å². The molecule has 0 aliphatic heterocycles. The van der Waals surface area contributed by atoms with Crippen molar-refractivity contribution in [2.75, 3.05) is 13.6 Å². The fraction of sp³-hybridized carbons (Fsp3) is 0.647. The molecule has 4 nitrogen and oxygen atoms in total. The number of hydrogen-bond acceptors (Lipinski definition) is 3. The highest BCUT2D eigenvalue weighted by molar-refractivity contribution is 9.10. The quantitative estimate of drug-likeness (QED) is 0.557. The standard InChI is InChI=1S/C17H26BrN3O/c1-5-21(4)11-19-15-10-14(18)17(20-13(15)3)22-16-9-7-6-8-12(16)2/h10-12,16H,5-9H2,1-4H3/b19-11+/t12-,16+/m1/s1. The van der Waals surface area contributed by atoms with Gasteiger partial charge in [-0.05, 0) is 61.0 Å². The number of aliphatic imine (C=N–C) groups is 1. The zero-order chi connectivity index (χ0) is 16.1. The third-order valence-electron chi connectivity index (χ3n) is 4.30. The topological polar surface area (TPSA) is 37.7 Å². The van der Waals surface area contributed by atoms with Gasteiger partial charge in [-0.2, -0.15) is 0 Å². The van der Waals surface area contributed by atoms with Crippen LogP contribution in [0.25, 0.3) is 0 Å². The summed E-state index contributed by atoms with van der Waals surface area (Å²) >= 11 is 3.58. The van der Waals surface area contributed by atoms with E-state index in [4.69, 9.17) is 4.74 Å². The lowest BCUT2D eigenvalue weighted by Gasteiger charge is -2.29. The first-order valence-electron chi connectivity index (χ1n) is 8.09. The number of aromatic nitrogens is 1. The lowest BCUT2D eigenvalue weighted by atomic mass is 9.88. The van der Waals surface area contributed by atoms with Gasteiger partial charge in [0.05, 0.1) is 22.2 Å². The van der Waals surface area contributed by atoms with Crippen LogP contribution in [-0.4, -0.2) is 35.9 Å². The summed E-state index contributed by atoms with van der Waals surface area (Å²) in [6.45, 7) is 7.26. The first-order chi connectivity index (χ1) is 10.5. The monoisotopic (exact) mass is 367 g/mol. The summed E-state index contributed by atoms with van der Waals surface area (Å²) in [5, 5.41) is 0. The fourth-order valence-corrected chi connectivity index (χ4v) is 3.00. The van der Waals surface area contributed by atoms with E-state index in [0.717, 1.165) is 28.8 Å². The van der Waals surface area contributed by atoms with E-state index in [1.807, 2.05) is 31.3 Å². The van der Waals surface area contributed by atoms with Gasteiger partial charge in [0.2, 0.25) is 5.88 Å². The molecule has 0 bridgehead atoms. The maximum absolute atomic E-state index is 6.16. The van der Waals surface area contributed by atoms with E-state index >= 15 is 0 Å². The molecule has 2 rings (SSSR count). The van der Waals surface area contributed by atoms with E-state index in [1.165, 1.54) is 19.3 Å². The van der Waals surface area contributed by atoms with Gasteiger partial charge in [0.15, 0.2) is 0 Å². The highest BCUT2D eigenvalue weighted by Gasteiger charge is 2.24. The minimum Gasteiger partial charge on any atom is -0.473 e. The molecule has 1 aliphatic rings. The number of ether oxygens (including phenoxy) is 1. The summed E-state index contributed by atoms with van der Waals surface area (Å²) in [4.78, 5) is 11.1. The van der Waals surface area contributed by atoms with Crippen LogP contribution in [0.3, 0.4) is 0 Å². The number of halogens is 1. The summed E-state index contributed by atoms with van der Waals surface area (Å²) in [5.74, 6) is 1.29. The third-order valence-corrected chi connectivity index (χ3v) is 4.86. The second-order valence-corrected chi connectivity index (χ2v) is 6.97. The molecular formula is C17H26BrN3O. The SMILES string of the molecule is CCN(C)/C=N/c1cc(Br)c(O[C@H]2CCCC[C@H]2C)nc1C. The van der Waals surface area contributed by atoms with Gasteiger partial charge in [0.25, 0.3) is 0 Å². The van der Waals surface area contributed by atoms with Crippen molar-refractivity contribution in [3.8, 4) is 5.88 Å². The van der Waals surface area contributed by atoms with Crippen LogP contribution in [0.1, 0.15) is 45.2 Å². The first-order valence-corrected chi connectivity index (χ1v) is 8.88. The zero-order valence-corrected chi connectivity index (χ0v) is 15.6. The Kier molecular flexibility index (Phi) is 6.24. The van der Waals surface area contributed by atoms with Crippen molar-refractivity contribution < 1.29 is 4.74 Å². The molecule has 1 aromatic rings. The Labute approximate surface area is 142 Å². The molecule has 1 aromatic heterocycles. The third kappa shape index (κ3) is 4.45. The van der Waals surface area contributed by atoms with Gasteiger partial charge in [-0.1, -0.05) is 13.3 Å². The lowest BCUT2D eigenvalue weighted by Crippen LogP contribution is -2.28. The average molecular weight is 368 g/mol. The lowest BCUT2D eigenvalue weighted by molar-refractivity contribution is 0.0966. The molecule has 0 radical (unpaired) electrons. The van der Waals surface area contributed by atoms with Crippen molar-refractivity contribution >= 4 is 28.0 Å². The maximum Gasteiger partial charge on any atom is 0.228 e. The highest BCUT2D eigenvalue weighted by atomic mass is 79.9. The van der Waals surface area contributed by atoms with Gasteiger partial charge in [-0.25, -0.2) is 9.98 Å². The summed E-state index contributed by atoms with van der Waals surface area (Å²) < 4.78 is 7.04. The summed E-state index contributed by atoms with van der Waals surface area (Å²) in [5.41, 5.74) is 1.76. The Morgan fingerprint density at radius 1 is 1.45 bits per heavy atom. The Balaban J connectivity index is 2.13. The zero-order valence-electron chi connectivity index (χ0n) is 14.0. The van der Waals surface area contributed by atoms with Gasteiger partial charge in [0.1, 0.15) is 6.10 Å². The predicted molar refractivity (Wildman–Crippen MR) is 95.2 cm³/mol. The number of aryl methyl sites for hydroxylation is 1. The molecule has 0 N–H and O–H groups in total. The Morgan fingerprint density at radius 3 is 2.86 bits per heavy atom. The van der Waals surface area contributed by atoms with Crippen LogP contribution in [0, 0.1) is 12.8 Å². The van der Waals surface area contributed by atoms with Crippen LogP contribution in [0.5, 0.6) is 5.88 Å². The average Bonchev–Trinajstić information content (AvgIpc) is 2.51. The van der Waals surface area contributed by atoms with Gasteiger partial charge < -0.3 is 9.64 Å². The molecule has 1 aliphatic carbocycles. The second-order valence-electron chi connectivity index (χ2n) is 6.12. The van der Waals surface area contributed by atoms with Gasteiger partial charge in [-0.3, -0.25) is 0 Å². The largest absolute Gasteiger partial charge is 0.473 e. The van der Waals surface area contributed by atoms with Crippen molar-refractivity contribution in [3.05, 3.63) is 16.2 Å². The number of rotatable bonds is 5. The van der Waals surface area contributed by atoms with E-state index in [0.29, 0.717) is 11.8 Å². The van der Waals surface area contributed by atoms with Gasteiger partial charge in [-0.15, -0.1) is 0 Å². The van der Waals surface area contributed by atoms with Crippen LogP contribution in [-0.2, 0) is 0 Å². The van der Waals surface area contributed by atoms with Crippen molar-refractivity contribution in [1.82, 2.24) is 9.88 Å². The Bertz CT molecular complexity index is 533. The van der Waals surface area contributed by atoms with E-state index in [1.54, 1.807) is 0 Å². The van der Waals surface area contributed by atoms with E-state index < -0.39 is 0 Å². The van der Waals surface area contributed by atoms with Gasteiger partial charge >= 0.3 is 0 Å². The van der Waals surface area contributed by atoms with Crippen LogP contribution < -0.4 is 4.74 Å². The summed E-state index contributed by atoms with van der Waals surface area (Å²) in [7, 11) is 2.00. The highest BCUT2D eigenvalue weighted by Crippen LogP contribution is 2.33. The van der Waals surface area contributed by atoms with Crippen LogP contribution in [0.4, 0.5) is 5.69 Å². The van der Waals surface area contributed by atoms with Crippen LogP contribution >= 0.6 is 15.9 Å². The molecule has 22 heavy (non-hydrogen) atoms. The van der Waals surface area contributed by atoms with Crippen LogP contribution in [0.2, 0.25) is 0 Å². The predicted octanol–water partition coefficient (Wildman–Crippen LogP) is 4.72. The van der Waals surface area contributed by atoms with E-state index in [2.05, 4.69) is 39.8 Å². The van der Waals surface area contributed by atoms with Crippen molar-refractivity contribution in [2.24, 2.45) is 10.9 Å². The summed E-state index contributed by atoms with van der Waals surface area (Å²) in [6.07, 6.45) is 7.03. The fourth-order valence-electron chi connectivity index (χ4n) is 2.61. The van der Waals surface area contributed by atoms with E-state index in [9.17, 15) is 0 Å². The molecule has 2 atom stereocenters. The van der Waals surface area contributed by atoms with Crippen molar-refractivity contribution in [1.29, 1.82) is 0 Å². The molecule has 0 unspecified atom stereocenters. The molecule has 1 heterocycles. The number of nitrogens with zero attached hydrogens (tertiary/aromatic N) is 3. The maximum atomic E-state index is 6.16. The minimum absolute atomic E-state index is 0.275. The smallest absolute Gasteiger partial charge is 0.228 e.